The van der Waals surface area contributed by atoms with Crippen molar-refractivity contribution >= 4 is 12.3 Å². The average molecular weight is 515 g/mol. The molecule has 0 aromatic carbocycles. The number of fused-ring (bicyclic) bond motifs is 7. The van der Waals surface area contributed by atoms with Gasteiger partial charge < -0.3 is 19.7 Å². The Morgan fingerprint density at radius 3 is 2.24 bits per heavy atom. The zero-order chi connectivity index (χ0) is 27.4. The van der Waals surface area contributed by atoms with Crippen LogP contribution in [0.2, 0.25) is 0 Å². The van der Waals surface area contributed by atoms with Gasteiger partial charge in [0, 0.05) is 6.92 Å². The summed E-state index contributed by atoms with van der Waals surface area (Å²) in [5.41, 5.74) is -0.145. The molecule has 0 unspecified atom stereocenters. The minimum absolute atomic E-state index is 0.0271. The third-order valence-electron chi connectivity index (χ3n) is 13.2. The first kappa shape index (κ1) is 27.4. The molecule has 0 aromatic heterocycles. The highest BCUT2D eigenvalue weighted by Crippen LogP contribution is 2.75. The third-order valence-corrected chi connectivity index (χ3v) is 13.2. The summed E-state index contributed by atoms with van der Waals surface area (Å²) in [6.45, 7) is 17.6. The molecule has 208 valence electrons. The van der Waals surface area contributed by atoms with Crippen molar-refractivity contribution in [3.8, 4) is 0 Å². The van der Waals surface area contributed by atoms with Gasteiger partial charge in [-0.15, -0.1) is 0 Å². The van der Waals surface area contributed by atoms with E-state index in [1.165, 1.54) is 12.5 Å². The zero-order valence-corrected chi connectivity index (χ0v) is 24.4. The lowest BCUT2D eigenvalue weighted by Gasteiger charge is -2.72. The van der Waals surface area contributed by atoms with Crippen LogP contribution in [0.1, 0.15) is 107 Å². The van der Waals surface area contributed by atoms with Crippen molar-refractivity contribution in [3.63, 3.8) is 0 Å². The van der Waals surface area contributed by atoms with E-state index in [4.69, 9.17) is 4.74 Å². The van der Waals surface area contributed by atoms with Gasteiger partial charge in [-0.1, -0.05) is 60.1 Å². The van der Waals surface area contributed by atoms with Crippen LogP contribution in [0.4, 0.5) is 0 Å². The quantitative estimate of drug-likeness (QED) is 0.274. The van der Waals surface area contributed by atoms with Gasteiger partial charge in [0.1, 0.15) is 12.4 Å². The minimum atomic E-state index is -1.09. The first-order chi connectivity index (χ1) is 17.0. The summed E-state index contributed by atoms with van der Waals surface area (Å²) in [7, 11) is 0. The third kappa shape index (κ3) is 3.41. The SMILES string of the molecule is CC(=O)O[C@@H]1C[C@]2(C)C(=CC[C@@H]3[C@@]4(C)CC[C@H](O)C(C)(C)[C@@H]4CC[C@]32C)[C@@H]2CC(C)(C)C[C@H](O)[C@]12C=O. The summed E-state index contributed by atoms with van der Waals surface area (Å²) in [5.74, 6) is 0.384. The Kier molecular flexibility index (Phi) is 6.04. The topological polar surface area (TPSA) is 83.8 Å². The highest BCUT2D eigenvalue weighted by atomic mass is 16.5. The number of esters is 1. The van der Waals surface area contributed by atoms with E-state index in [0.717, 1.165) is 44.8 Å². The zero-order valence-electron chi connectivity index (χ0n) is 24.4. The largest absolute Gasteiger partial charge is 0.461 e. The van der Waals surface area contributed by atoms with E-state index in [1.54, 1.807) is 0 Å². The van der Waals surface area contributed by atoms with Crippen LogP contribution in [0.25, 0.3) is 0 Å². The van der Waals surface area contributed by atoms with Gasteiger partial charge in [-0.3, -0.25) is 4.79 Å². The Hall–Kier alpha value is -1.20. The Morgan fingerprint density at radius 1 is 0.946 bits per heavy atom. The fraction of sp³-hybridized carbons (Fsp3) is 0.875. The van der Waals surface area contributed by atoms with E-state index in [1.807, 2.05) is 0 Å². The summed E-state index contributed by atoms with van der Waals surface area (Å²) in [5, 5.41) is 22.5. The molecule has 4 fully saturated rings. The van der Waals surface area contributed by atoms with Crippen LogP contribution in [-0.2, 0) is 14.3 Å². The van der Waals surface area contributed by atoms with E-state index < -0.39 is 17.6 Å². The van der Waals surface area contributed by atoms with E-state index in [0.29, 0.717) is 24.7 Å². The van der Waals surface area contributed by atoms with Crippen molar-refractivity contribution < 1.29 is 24.5 Å². The Morgan fingerprint density at radius 2 is 1.62 bits per heavy atom. The number of hydrogen-bond acceptors (Lipinski definition) is 5. The number of allylic oxidation sites excluding steroid dienone is 2. The van der Waals surface area contributed by atoms with Gasteiger partial charge in [0.05, 0.1) is 17.6 Å². The lowest BCUT2D eigenvalue weighted by Crippen LogP contribution is -2.69. The molecule has 5 heteroatoms. The van der Waals surface area contributed by atoms with Crippen LogP contribution >= 0.6 is 0 Å². The number of carbonyl (C=O) groups is 2. The molecule has 0 aliphatic heterocycles. The smallest absolute Gasteiger partial charge is 0.302 e. The molecule has 0 bridgehead atoms. The summed E-state index contributed by atoms with van der Waals surface area (Å²) >= 11 is 0. The molecule has 2 N–H and O–H groups in total. The Labute approximate surface area is 223 Å². The maximum atomic E-state index is 13.0. The standard InChI is InChI=1S/C32H50O5/c1-19(34)37-26-17-31(8)20(21-15-27(2,3)16-25(36)32(21,26)18-33)9-10-23-29(6)13-12-24(35)28(4,5)22(29)11-14-30(23,31)7/h9,18,21-26,35-36H,10-17H2,1-8H3/t21-,22-,23+,24-,25-,26+,29-,30+,31+,32+/m0/s1. The number of aldehydes is 1. The Bertz CT molecular complexity index is 1010. The van der Waals surface area contributed by atoms with Gasteiger partial charge in [-0.05, 0) is 96.2 Å². The molecule has 0 saturated heterocycles. The van der Waals surface area contributed by atoms with Gasteiger partial charge in [-0.2, -0.15) is 0 Å². The molecule has 5 rings (SSSR count). The lowest BCUT2D eigenvalue weighted by molar-refractivity contribution is -0.228. The van der Waals surface area contributed by atoms with Gasteiger partial charge in [0.2, 0.25) is 0 Å². The monoisotopic (exact) mass is 514 g/mol. The fourth-order valence-corrected chi connectivity index (χ4v) is 11.1. The molecule has 5 nitrogen and oxygen atoms in total. The number of hydrogen-bond donors (Lipinski definition) is 2. The van der Waals surface area contributed by atoms with E-state index in [-0.39, 0.29) is 45.1 Å². The molecule has 37 heavy (non-hydrogen) atoms. The van der Waals surface area contributed by atoms with Gasteiger partial charge in [0.15, 0.2) is 0 Å². The molecule has 5 aliphatic carbocycles. The van der Waals surface area contributed by atoms with E-state index in [9.17, 15) is 19.8 Å². The number of rotatable bonds is 2. The van der Waals surface area contributed by atoms with Crippen LogP contribution in [0.3, 0.4) is 0 Å². The van der Waals surface area contributed by atoms with Crippen molar-refractivity contribution in [1.29, 1.82) is 0 Å². The summed E-state index contributed by atoms with van der Waals surface area (Å²) in [4.78, 5) is 25.4. The number of carbonyl (C=O) groups excluding carboxylic acids is 2. The average Bonchev–Trinajstić information content (AvgIpc) is 2.76. The second-order valence-corrected chi connectivity index (χ2v) is 15.7. The predicted molar refractivity (Wildman–Crippen MR) is 143 cm³/mol. The molecule has 0 amide bonds. The number of ether oxygens (including phenoxy) is 1. The molecule has 0 heterocycles. The van der Waals surface area contributed by atoms with Crippen LogP contribution in [-0.4, -0.2) is 40.8 Å². The van der Waals surface area contributed by atoms with Crippen LogP contribution in [0.5, 0.6) is 0 Å². The molecular formula is C32H50O5. The maximum absolute atomic E-state index is 13.0. The molecule has 10 atom stereocenters. The van der Waals surface area contributed by atoms with E-state index in [2.05, 4.69) is 54.5 Å². The van der Waals surface area contributed by atoms with Gasteiger partial charge in [-0.25, -0.2) is 0 Å². The molecule has 0 radical (unpaired) electrons. The number of aliphatic hydroxyl groups is 2. The first-order valence-corrected chi connectivity index (χ1v) is 14.7. The molecule has 5 aliphatic rings. The molecule has 0 spiro atoms. The summed E-state index contributed by atoms with van der Waals surface area (Å²) in [6.07, 6.45) is 8.54. The highest BCUT2D eigenvalue weighted by molar-refractivity contribution is 5.70. The molecule has 4 saturated carbocycles. The normalized spacial score (nSPS) is 51.9. The fourth-order valence-electron chi connectivity index (χ4n) is 11.1. The van der Waals surface area contributed by atoms with Crippen LogP contribution in [0.15, 0.2) is 11.6 Å². The van der Waals surface area contributed by atoms with Gasteiger partial charge >= 0.3 is 5.97 Å². The molecular weight excluding hydrogens is 464 g/mol. The van der Waals surface area contributed by atoms with Crippen molar-refractivity contribution in [1.82, 2.24) is 0 Å². The van der Waals surface area contributed by atoms with Crippen molar-refractivity contribution in [2.45, 2.75) is 125 Å². The summed E-state index contributed by atoms with van der Waals surface area (Å²) < 4.78 is 6.02. The van der Waals surface area contributed by atoms with Crippen LogP contribution < -0.4 is 0 Å². The van der Waals surface area contributed by atoms with Crippen molar-refractivity contribution in [2.75, 3.05) is 0 Å². The Balaban J connectivity index is 1.66. The van der Waals surface area contributed by atoms with Crippen molar-refractivity contribution in [3.05, 3.63) is 11.6 Å². The highest BCUT2D eigenvalue weighted by Gasteiger charge is 2.72. The predicted octanol–water partition coefficient (Wildman–Crippen LogP) is 5.86. The minimum Gasteiger partial charge on any atom is -0.461 e. The van der Waals surface area contributed by atoms with Crippen molar-refractivity contribution in [2.24, 2.45) is 50.2 Å². The van der Waals surface area contributed by atoms with Gasteiger partial charge in [0.25, 0.3) is 0 Å². The van der Waals surface area contributed by atoms with Crippen LogP contribution in [0, 0.1) is 50.2 Å². The van der Waals surface area contributed by atoms with E-state index >= 15 is 0 Å². The second kappa shape index (κ2) is 8.16. The maximum Gasteiger partial charge on any atom is 0.302 e. The first-order valence-electron chi connectivity index (χ1n) is 14.7. The second-order valence-electron chi connectivity index (χ2n) is 15.7. The lowest BCUT2D eigenvalue weighted by atomic mass is 9.33. The molecule has 0 aromatic rings. The number of aliphatic hydroxyl groups excluding tert-OH is 2. The summed E-state index contributed by atoms with van der Waals surface area (Å²) in [6, 6.07) is 0.